The van der Waals surface area contributed by atoms with E-state index in [1.165, 1.54) is 0 Å². The lowest BCUT2D eigenvalue weighted by molar-refractivity contribution is -0.152. The fourth-order valence-corrected chi connectivity index (χ4v) is 2.01. The molecule has 0 radical (unpaired) electrons. The van der Waals surface area contributed by atoms with Gasteiger partial charge in [-0.05, 0) is 25.7 Å². The van der Waals surface area contributed by atoms with Crippen molar-refractivity contribution in [2.24, 2.45) is 0 Å². The molecule has 0 bridgehead atoms. The zero-order valence-corrected chi connectivity index (χ0v) is 7.44. The predicted octanol–water partition coefficient (Wildman–Crippen LogP) is 0.798. The summed E-state index contributed by atoms with van der Waals surface area (Å²) < 4.78 is 10.8. The summed E-state index contributed by atoms with van der Waals surface area (Å²) in [7, 11) is 0. The van der Waals surface area contributed by atoms with Gasteiger partial charge >= 0.3 is 5.97 Å². The minimum absolute atomic E-state index is 0.0172. The number of hydrogen-bond donors (Lipinski definition) is 1. The molecule has 2 fully saturated rings. The largest absolute Gasteiger partial charge is 0.479 e. The lowest BCUT2D eigenvalue weighted by Gasteiger charge is -2.17. The first kappa shape index (κ1) is 8.97. The smallest absolute Gasteiger partial charge is 0.332 e. The number of carboxylic acid groups (broad SMARTS) is 1. The van der Waals surface area contributed by atoms with Crippen molar-refractivity contribution in [2.45, 2.75) is 44.0 Å². The molecule has 0 spiro atoms. The molecular weight excluding hydrogens is 172 g/mol. The van der Waals surface area contributed by atoms with Crippen LogP contribution in [0.3, 0.4) is 0 Å². The van der Waals surface area contributed by atoms with Crippen LogP contribution in [0.25, 0.3) is 0 Å². The van der Waals surface area contributed by atoms with Crippen LogP contribution in [-0.2, 0) is 14.3 Å². The van der Waals surface area contributed by atoms with Gasteiger partial charge in [0.1, 0.15) is 0 Å². The van der Waals surface area contributed by atoms with Crippen molar-refractivity contribution in [3.8, 4) is 0 Å². The molecule has 0 saturated carbocycles. The van der Waals surface area contributed by atoms with E-state index >= 15 is 0 Å². The molecule has 0 aromatic carbocycles. The minimum Gasteiger partial charge on any atom is -0.479 e. The monoisotopic (exact) mass is 186 g/mol. The molecule has 2 aliphatic heterocycles. The molecule has 0 unspecified atom stereocenters. The van der Waals surface area contributed by atoms with Crippen molar-refractivity contribution >= 4 is 5.97 Å². The van der Waals surface area contributed by atoms with E-state index in [0.29, 0.717) is 6.42 Å². The second-order valence-electron chi connectivity index (χ2n) is 3.63. The van der Waals surface area contributed by atoms with Crippen LogP contribution < -0.4 is 0 Å². The Morgan fingerprint density at radius 3 is 2.62 bits per heavy atom. The Kier molecular flexibility index (Phi) is 2.51. The molecule has 0 aromatic rings. The van der Waals surface area contributed by atoms with Crippen molar-refractivity contribution in [3.63, 3.8) is 0 Å². The van der Waals surface area contributed by atoms with Gasteiger partial charge in [0.15, 0.2) is 6.10 Å². The summed E-state index contributed by atoms with van der Waals surface area (Å²) in [6.07, 6.45) is 3.09. The SMILES string of the molecule is O=C(O)[C@@H]1CC[C@@H]([C@@H]2CCCO2)O1. The van der Waals surface area contributed by atoms with Gasteiger partial charge in [0.25, 0.3) is 0 Å². The molecule has 0 aromatic heterocycles. The molecule has 74 valence electrons. The average molecular weight is 186 g/mol. The van der Waals surface area contributed by atoms with E-state index in [0.717, 1.165) is 25.9 Å². The van der Waals surface area contributed by atoms with Gasteiger partial charge in [0.05, 0.1) is 12.2 Å². The summed E-state index contributed by atoms with van der Waals surface area (Å²) in [5, 5.41) is 8.71. The average Bonchev–Trinajstić information content (AvgIpc) is 2.75. The third-order valence-corrected chi connectivity index (χ3v) is 2.71. The van der Waals surface area contributed by atoms with Crippen molar-refractivity contribution in [3.05, 3.63) is 0 Å². The standard InChI is InChI=1S/C9H14O4/c10-9(11)8-4-3-7(13-8)6-2-1-5-12-6/h6-8H,1-5H2,(H,10,11)/t6-,7-,8-/m0/s1. The Labute approximate surface area is 76.8 Å². The predicted molar refractivity (Wildman–Crippen MR) is 44.5 cm³/mol. The van der Waals surface area contributed by atoms with Gasteiger partial charge in [-0.2, -0.15) is 0 Å². The van der Waals surface area contributed by atoms with E-state index in [2.05, 4.69) is 0 Å². The Balaban J connectivity index is 1.86. The summed E-state index contributed by atoms with van der Waals surface area (Å²) in [6, 6.07) is 0. The van der Waals surface area contributed by atoms with Gasteiger partial charge in [-0.15, -0.1) is 0 Å². The zero-order chi connectivity index (χ0) is 9.26. The molecule has 3 atom stereocenters. The van der Waals surface area contributed by atoms with E-state index in [1.807, 2.05) is 0 Å². The summed E-state index contributed by atoms with van der Waals surface area (Å²) in [4.78, 5) is 10.6. The Morgan fingerprint density at radius 2 is 2.08 bits per heavy atom. The highest BCUT2D eigenvalue weighted by Gasteiger charge is 2.36. The number of carboxylic acids is 1. The van der Waals surface area contributed by atoms with Crippen LogP contribution >= 0.6 is 0 Å². The number of rotatable bonds is 2. The first-order chi connectivity index (χ1) is 6.27. The van der Waals surface area contributed by atoms with E-state index in [1.54, 1.807) is 0 Å². The Bertz CT molecular complexity index is 198. The maximum atomic E-state index is 10.6. The number of carbonyl (C=O) groups is 1. The summed E-state index contributed by atoms with van der Waals surface area (Å²) in [5.74, 6) is -0.847. The first-order valence-electron chi connectivity index (χ1n) is 4.77. The first-order valence-corrected chi connectivity index (χ1v) is 4.77. The van der Waals surface area contributed by atoms with Crippen LogP contribution in [0, 0.1) is 0 Å². The molecule has 0 amide bonds. The van der Waals surface area contributed by atoms with Crippen molar-refractivity contribution in [1.29, 1.82) is 0 Å². The lowest BCUT2D eigenvalue weighted by atomic mass is 10.1. The molecule has 4 nitrogen and oxygen atoms in total. The molecule has 1 N–H and O–H groups in total. The summed E-state index contributed by atoms with van der Waals surface area (Å²) >= 11 is 0. The molecule has 4 heteroatoms. The van der Waals surface area contributed by atoms with E-state index < -0.39 is 12.1 Å². The highest BCUT2D eigenvalue weighted by molar-refractivity contribution is 5.72. The van der Waals surface area contributed by atoms with Gasteiger partial charge in [-0.3, -0.25) is 0 Å². The molecule has 13 heavy (non-hydrogen) atoms. The van der Waals surface area contributed by atoms with Gasteiger partial charge < -0.3 is 14.6 Å². The van der Waals surface area contributed by atoms with Crippen molar-refractivity contribution < 1.29 is 19.4 Å². The maximum Gasteiger partial charge on any atom is 0.332 e. The number of hydrogen-bond acceptors (Lipinski definition) is 3. The highest BCUT2D eigenvalue weighted by atomic mass is 16.6. The van der Waals surface area contributed by atoms with Gasteiger partial charge in [-0.1, -0.05) is 0 Å². The van der Waals surface area contributed by atoms with Crippen LogP contribution in [0.5, 0.6) is 0 Å². The minimum atomic E-state index is -0.847. The lowest BCUT2D eigenvalue weighted by Crippen LogP contribution is -2.28. The zero-order valence-electron chi connectivity index (χ0n) is 7.44. The quantitative estimate of drug-likeness (QED) is 0.693. The fraction of sp³-hybridized carbons (Fsp3) is 0.889. The van der Waals surface area contributed by atoms with Crippen LogP contribution in [0.4, 0.5) is 0 Å². The fourth-order valence-electron chi connectivity index (χ4n) is 2.01. The molecule has 2 rings (SSSR count). The number of aliphatic carboxylic acids is 1. The normalized spacial score (nSPS) is 39.5. The third-order valence-electron chi connectivity index (χ3n) is 2.71. The van der Waals surface area contributed by atoms with Crippen LogP contribution in [0.2, 0.25) is 0 Å². The van der Waals surface area contributed by atoms with Gasteiger partial charge in [0, 0.05) is 6.61 Å². The second kappa shape index (κ2) is 3.64. The summed E-state index contributed by atoms with van der Waals surface area (Å²) in [6.45, 7) is 0.794. The van der Waals surface area contributed by atoms with E-state index in [9.17, 15) is 4.79 Å². The maximum absolute atomic E-state index is 10.6. The van der Waals surface area contributed by atoms with Crippen molar-refractivity contribution in [2.75, 3.05) is 6.61 Å². The molecular formula is C9H14O4. The van der Waals surface area contributed by atoms with E-state index in [4.69, 9.17) is 14.6 Å². The topological polar surface area (TPSA) is 55.8 Å². The number of ether oxygens (including phenoxy) is 2. The summed E-state index contributed by atoms with van der Waals surface area (Å²) in [5.41, 5.74) is 0. The van der Waals surface area contributed by atoms with Crippen LogP contribution in [0.15, 0.2) is 0 Å². The Hall–Kier alpha value is -0.610. The molecule has 2 heterocycles. The van der Waals surface area contributed by atoms with Crippen LogP contribution in [0.1, 0.15) is 25.7 Å². The molecule has 2 saturated heterocycles. The van der Waals surface area contributed by atoms with Crippen molar-refractivity contribution in [1.82, 2.24) is 0 Å². The third kappa shape index (κ3) is 1.84. The highest BCUT2D eigenvalue weighted by Crippen LogP contribution is 2.28. The van der Waals surface area contributed by atoms with E-state index in [-0.39, 0.29) is 12.2 Å². The molecule has 0 aliphatic carbocycles. The second-order valence-corrected chi connectivity index (χ2v) is 3.63. The van der Waals surface area contributed by atoms with Gasteiger partial charge in [0.2, 0.25) is 0 Å². The van der Waals surface area contributed by atoms with Crippen LogP contribution in [-0.4, -0.2) is 36.0 Å². The molecule has 2 aliphatic rings. The Morgan fingerprint density at radius 1 is 1.23 bits per heavy atom. The van der Waals surface area contributed by atoms with Gasteiger partial charge in [-0.25, -0.2) is 4.79 Å².